The average Bonchev–Trinajstić information content (AvgIpc) is 2.36. The van der Waals surface area contributed by atoms with Crippen molar-refractivity contribution in [1.82, 2.24) is 9.97 Å². The highest BCUT2D eigenvalue weighted by molar-refractivity contribution is 7.99. The molecular formula is C14H14N2O2S. The number of hydrogen-bond donors (Lipinski definition) is 1. The topological polar surface area (TPSA) is 62.8 Å². The maximum atomic E-state index is 11.8. The van der Waals surface area contributed by atoms with Gasteiger partial charge in [-0.05, 0) is 12.5 Å². The summed E-state index contributed by atoms with van der Waals surface area (Å²) in [6.45, 7) is 1.76. The SMILES string of the molecule is Cc1cc(=O)[nH]c(SCC(=O)Cc2ccccc2)n1. The fraction of sp³-hybridized carbons (Fsp3) is 0.214. The zero-order valence-electron chi connectivity index (χ0n) is 10.6. The highest BCUT2D eigenvalue weighted by Gasteiger charge is 2.06. The molecular weight excluding hydrogens is 260 g/mol. The lowest BCUT2D eigenvalue weighted by Gasteiger charge is -2.02. The Bertz CT molecular complexity index is 623. The maximum Gasteiger partial charge on any atom is 0.251 e. The van der Waals surface area contributed by atoms with Gasteiger partial charge in [-0.2, -0.15) is 0 Å². The standard InChI is InChI=1S/C14H14N2O2S/c1-10-7-13(18)16-14(15-10)19-9-12(17)8-11-5-3-2-4-6-11/h2-7H,8-9H2,1H3,(H,15,16,18). The van der Waals surface area contributed by atoms with E-state index in [0.717, 1.165) is 5.56 Å². The van der Waals surface area contributed by atoms with Crippen molar-refractivity contribution < 1.29 is 4.79 Å². The number of carbonyl (C=O) groups is 1. The molecule has 0 radical (unpaired) electrons. The van der Waals surface area contributed by atoms with Gasteiger partial charge in [0, 0.05) is 18.2 Å². The van der Waals surface area contributed by atoms with Gasteiger partial charge >= 0.3 is 0 Å². The normalized spacial score (nSPS) is 10.4. The summed E-state index contributed by atoms with van der Waals surface area (Å²) in [7, 11) is 0. The smallest absolute Gasteiger partial charge is 0.251 e. The van der Waals surface area contributed by atoms with Gasteiger partial charge in [0.1, 0.15) is 5.78 Å². The van der Waals surface area contributed by atoms with Crippen molar-refractivity contribution in [2.45, 2.75) is 18.5 Å². The van der Waals surface area contributed by atoms with Crippen LogP contribution < -0.4 is 5.56 Å². The quantitative estimate of drug-likeness (QED) is 0.669. The molecule has 1 aromatic carbocycles. The van der Waals surface area contributed by atoms with E-state index in [9.17, 15) is 9.59 Å². The van der Waals surface area contributed by atoms with Crippen molar-refractivity contribution in [3.8, 4) is 0 Å². The number of H-pyrrole nitrogens is 1. The second-order valence-electron chi connectivity index (χ2n) is 4.18. The number of Topliss-reactive ketones (excluding diaryl/α,β-unsaturated/α-hetero) is 1. The van der Waals surface area contributed by atoms with E-state index in [0.29, 0.717) is 23.0 Å². The van der Waals surface area contributed by atoms with Crippen LogP contribution in [0.15, 0.2) is 46.3 Å². The predicted molar refractivity (Wildman–Crippen MR) is 75.5 cm³/mol. The van der Waals surface area contributed by atoms with Crippen molar-refractivity contribution in [2.24, 2.45) is 0 Å². The van der Waals surface area contributed by atoms with Gasteiger partial charge < -0.3 is 4.98 Å². The Labute approximate surface area is 115 Å². The van der Waals surface area contributed by atoms with Gasteiger partial charge in [-0.3, -0.25) is 9.59 Å². The molecule has 0 aliphatic rings. The molecule has 1 aromatic heterocycles. The minimum absolute atomic E-state index is 0.111. The molecule has 0 saturated carbocycles. The number of nitrogens with zero attached hydrogens (tertiary/aromatic N) is 1. The summed E-state index contributed by atoms with van der Waals surface area (Å²) in [5.41, 5.74) is 1.46. The molecule has 0 fully saturated rings. The first kappa shape index (κ1) is 13.5. The van der Waals surface area contributed by atoms with Gasteiger partial charge in [-0.25, -0.2) is 4.98 Å². The molecule has 2 rings (SSSR count). The number of ketones is 1. The average molecular weight is 274 g/mol. The van der Waals surface area contributed by atoms with Gasteiger partial charge in [-0.15, -0.1) is 0 Å². The Morgan fingerprint density at radius 1 is 1.32 bits per heavy atom. The minimum Gasteiger partial charge on any atom is -0.301 e. The summed E-state index contributed by atoms with van der Waals surface area (Å²) in [6.07, 6.45) is 0.407. The third kappa shape index (κ3) is 4.37. The summed E-state index contributed by atoms with van der Waals surface area (Å²) >= 11 is 1.26. The number of rotatable bonds is 5. The number of aryl methyl sites for hydroxylation is 1. The Balaban J connectivity index is 1.92. The van der Waals surface area contributed by atoms with Crippen molar-refractivity contribution in [3.05, 3.63) is 58.0 Å². The molecule has 0 saturated heterocycles. The highest BCUT2D eigenvalue weighted by Crippen LogP contribution is 2.12. The Morgan fingerprint density at radius 3 is 2.74 bits per heavy atom. The number of thioether (sulfide) groups is 1. The van der Waals surface area contributed by atoms with E-state index in [1.807, 2.05) is 30.3 Å². The van der Waals surface area contributed by atoms with E-state index in [2.05, 4.69) is 9.97 Å². The molecule has 0 bridgehead atoms. The van der Waals surface area contributed by atoms with E-state index < -0.39 is 0 Å². The van der Waals surface area contributed by atoms with Gasteiger partial charge in [0.2, 0.25) is 0 Å². The molecule has 0 atom stereocenters. The van der Waals surface area contributed by atoms with Crippen molar-refractivity contribution in [3.63, 3.8) is 0 Å². The van der Waals surface area contributed by atoms with Crippen LogP contribution in [0, 0.1) is 6.92 Å². The first-order valence-corrected chi connectivity index (χ1v) is 6.88. The summed E-state index contributed by atoms with van der Waals surface area (Å²) in [4.78, 5) is 29.8. The largest absolute Gasteiger partial charge is 0.301 e. The zero-order chi connectivity index (χ0) is 13.7. The van der Waals surface area contributed by atoms with Gasteiger partial charge in [0.15, 0.2) is 5.16 Å². The Kier molecular flexibility index (Phi) is 4.52. The first-order valence-electron chi connectivity index (χ1n) is 5.90. The number of hydrogen-bond acceptors (Lipinski definition) is 4. The Morgan fingerprint density at radius 2 is 2.05 bits per heavy atom. The lowest BCUT2D eigenvalue weighted by molar-refractivity contribution is -0.116. The van der Waals surface area contributed by atoms with Crippen LogP contribution in [-0.2, 0) is 11.2 Å². The van der Waals surface area contributed by atoms with Gasteiger partial charge in [0.05, 0.1) is 5.75 Å². The molecule has 4 nitrogen and oxygen atoms in total. The molecule has 98 valence electrons. The highest BCUT2D eigenvalue weighted by atomic mass is 32.2. The van der Waals surface area contributed by atoms with Crippen LogP contribution in [0.3, 0.4) is 0 Å². The van der Waals surface area contributed by atoms with E-state index >= 15 is 0 Å². The lowest BCUT2D eigenvalue weighted by atomic mass is 10.1. The molecule has 0 aliphatic heterocycles. The molecule has 5 heteroatoms. The van der Waals surface area contributed by atoms with Crippen LogP contribution in [0.2, 0.25) is 0 Å². The number of aromatic amines is 1. The molecule has 0 spiro atoms. The second kappa shape index (κ2) is 6.33. The predicted octanol–water partition coefficient (Wildman–Crippen LogP) is 1.98. The molecule has 2 aromatic rings. The van der Waals surface area contributed by atoms with Crippen molar-refractivity contribution >= 4 is 17.5 Å². The summed E-state index contributed by atoms with van der Waals surface area (Å²) in [6, 6.07) is 11.0. The fourth-order valence-corrected chi connectivity index (χ4v) is 2.42. The number of nitrogens with one attached hydrogen (secondary N) is 1. The van der Waals surface area contributed by atoms with Gasteiger partial charge in [0.25, 0.3) is 5.56 Å². The van der Waals surface area contributed by atoms with E-state index in [4.69, 9.17) is 0 Å². The molecule has 0 aliphatic carbocycles. The third-order valence-corrected chi connectivity index (χ3v) is 3.40. The number of aromatic nitrogens is 2. The molecule has 0 amide bonds. The van der Waals surface area contributed by atoms with Crippen molar-refractivity contribution in [1.29, 1.82) is 0 Å². The van der Waals surface area contributed by atoms with Crippen LogP contribution in [0.4, 0.5) is 0 Å². The maximum absolute atomic E-state index is 11.8. The summed E-state index contributed by atoms with van der Waals surface area (Å²) < 4.78 is 0. The Hall–Kier alpha value is -1.88. The molecule has 19 heavy (non-hydrogen) atoms. The van der Waals surface area contributed by atoms with E-state index in [-0.39, 0.29) is 11.3 Å². The zero-order valence-corrected chi connectivity index (χ0v) is 11.4. The molecule has 1 heterocycles. The van der Waals surface area contributed by atoms with Crippen LogP contribution in [-0.4, -0.2) is 21.5 Å². The first-order chi connectivity index (χ1) is 9.13. The van der Waals surface area contributed by atoms with Crippen molar-refractivity contribution in [2.75, 3.05) is 5.75 Å². The molecule has 0 unspecified atom stereocenters. The minimum atomic E-state index is -0.189. The second-order valence-corrected chi connectivity index (χ2v) is 5.15. The molecule has 1 N–H and O–H groups in total. The number of benzene rings is 1. The van der Waals surface area contributed by atoms with Crippen LogP contribution in [0.1, 0.15) is 11.3 Å². The third-order valence-electron chi connectivity index (χ3n) is 2.46. The monoisotopic (exact) mass is 274 g/mol. The van der Waals surface area contributed by atoms with Crippen LogP contribution in [0.25, 0.3) is 0 Å². The van der Waals surface area contributed by atoms with Gasteiger partial charge in [-0.1, -0.05) is 42.1 Å². The summed E-state index contributed by atoms with van der Waals surface area (Å²) in [5.74, 6) is 0.418. The summed E-state index contributed by atoms with van der Waals surface area (Å²) in [5, 5.41) is 0.492. The lowest BCUT2D eigenvalue weighted by Crippen LogP contribution is -2.10. The van der Waals surface area contributed by atoms with E-state index in [1.54, 1.807) is 6.92 Å². The fourth-order valence-electron chi connectivity index (χ4n) is 1.64. The number of carbonyl (C=O) groups excluding carboxylic acids is 1. The van der Waals surface area contributed by atoms with Crippen LogP contribution >= 0.6 is 11.8 Å². The van der Waals surface area contributed by atoms with Crippen LogP contribution in [0.5, 0.6) is 0 Å². The van der Waals surface area contributed by atoms with E-state index in [1.165, 1.54) is 17.8 Å².